The van der Waals surface area contributed by atoms with Crippen LogP contribution in [-0.4, -0.2) is 38.3 Å². The fourth-order valence-electron chi connectivity index (χ4n) is 2.20. The van der Waals surface area contributed by atoms with Gasteiger partial charge < -0.3 is 14.4 Å². The predicted molar refractivity (Wildman–Crippen MR) is 97.7 cm³/mol. The van der Waals surface area contributed by atoms with Crippen LogP contribution >= 0.6 is 23.1 Å². The van der Waals surface area contributed by atoms with E-state index in [1.807, 2.05) is 47.8 Å². The zero-order chi connectivity index (χ0) is 16.8. The van der Waals surface area contributed by atoms with E-state index in [9.17, 15) is 5.11 Å². The fourth-order valence-corrected chi connectivity index (χ4v) is 3.82. The molecule has 3 aromatic rings. The maximum Gasteiger partial charge on any atom is 0.191 e. The van der Waals surface area contributed by atoms with Crippen molar-refractivity contribution in [3.05, 3.63) is 47.8 Å². The summed E-state index contributed by atoms with van der Waals surface area (Å²) in [6.07, 6.45) is -0.567. The third-order valence-electron chi connectivity index (χ3n) is 3.37. The van der Waals surface area contributed by atoms with E-state index >= 15 is 0 Å². The van der Waals surface area contributed by atoms with E-state index in [2.05, 4.69) is 21.7 Å². The van der Waals surface area contributed by atoms with Gasteiger partial charge in [0.05, 0.1) is 11.0 Å². The van der Waals surface area contributed by atoms with Crippen molar-refractivity contribution >= 4 is 23.1 Å². The molecule has 1 aromatic carbocycles. The Labute approximate surface area is 149 Å². The van der Waals surface area contributed by atoms with Crippen molar-refractivity contribution in [1.29, 1.82) is 0 Å². The van der Waals surface area contributed by atoms with Crippen LogP contribution in [0.2, 0.25) is 0 Å². The molecule has 1 N–H and O–H groups in total. The van der Waals surface area contributed by atoms with E-state index < -0.39 is 6.10 Å². The number of nitrogens with zero attached hydrogens (tertiary/aromatic N) is 3. The van der Waals surface area contributed by atoms with Crippen LogP contribution in [0.25, 0.3) is 10.7 Å². The van der Waals surface area contributed by atoms with Crippen molar-refractivity contribution in [1.82, 2.24) is 14.8 Å². The number of aliphatic hydroxyl groups is 1. The average Bonchev–Trinajstić information content (AvgIpc) is 3.27. The van der Waals surface area contributed by atoms with Gasteiger partial charge in [0.15, 0.2) is 11.0 Å². The van der Waals surface area contributed by atoms with Crippen LogP contribution in [0.5, 0.6) is 5.75 Å². The van der Waals surface area contributed by atoms with E-state index in [1.54, 1.807) is 11.3 Å². The quantitative estimate of drug-likeness (QED) is 0.622. The molecule has 1 atom stereocenters. The van der Waals surface area contributed by atoms with Crippen LogP contribution in [0.3, 0.4) is 0 Å². The minimum absolute atomic E-state index is 0.259. The lowest BCUT2D eigenvalue weighted by Gasteiger charge is -2.12. The Bertz CT molecular complexity index is 745. The van der Waals surface area contributed by atoms with Crippen LogP contribution in [0.1, 0.15) is 6.92 Å². The number of thioether (sulfide) groups is 1. The van der Waals surface area contributed by atoms with Gasteiger partial charge in [0, 0.05) is 12.3 Å². The normalized spacial score (nSPS) is 12.2. The van der Waals surface area contributed by atoms with Gasteiger partial charge >= 0.3 is 0 Å². The van der Waals surface area contributed by atoms with Crippen molar-refractivity contribution in [3.8, 4) is 16.5 Å². The highest BCUT2D eigenvalue weighted by Gasteiger charge is 2.15. The summed E-state index contributed by atoms with van der Waals surface area (Å²) < 4.78 is 7.64. The zero-order valence-electron chi connectivity index (χ0n) is 13.3. The Morgan fingerprint density at radius 2 is 2.04 bits per heavy atom. The maximum atomic E-state index is 10.1. The Hall–Kier alpha value is -1.83. The molecular weight excluding hydrogens is 342 g/mol. The molecule has 24 heavy (non-hydrogen) atoms. The number of aromatic nitrogens is 3. The molecule has 0 saturated carbocycles. The molecule has 0 aliphatic heterocycles. The smallest absolute Gasteiger partial charge is 0.191 e. The number of thiophene rings is 1. The monoisotopic (exact) mass is 361 g/mol. The molecule has 0 fully saturated rings. The third-order valence-corrected chi connectivity index (χ3v) is 5.34. The molecule has 0 saturated heterocycles. The Morgan fingerprint density at radius 3 is 2.75 bits per heavy atom. The highest BCUT2D eigenvalue weighted by atomic mass is 32.2. The van der Waals surface area contributed by atoms with E-state index in [1.165, 1.54) is 11.8 Å². The van der Waals surface area contributed by atoms with Crippen molar-refractivity contribution in [3.63, 3.8) is 0 Å². The van der Waals surface area contributed by atoms with E-state index in [0.717, 1.165) is 28.2 Å². The van der Waals surface area contributed by atoms with Gasteiger partial charge in [-0.25, -0.2) is 0 Å². The molecule has 2 heterocycles. The molecule has 2 aromatic heterocycles. The number of aliphatic hydroxyl groups excluding tert-OH is 1. The molecule has 0 unspecified atom stereocenters. The first kappa shape index (κ1) is 17.0. The van der Waals surface area contributed by atoms with Crippen molar-refractivity contribution < 1.29 is 9.84 Å². The van der Waals surface area contributed by atoms with Crippen LogP contribution in [0, 0.1) is 0 Å². The standard InChI is InChI=1S/C17H19N3O2S2/c1-2-20-16(15-9-6-10-23-15)18-19-17(20)24-12-13(21)11-22-14-7-4-3-5-8-14/h3-10,13,21H,2,11-12H2,1H3/t13-/m1/s1. The van der Waals surface area contributed by atoms with Crippen molar-refractivity contribution in [2.24, 2.45) is 0 Å². The van der Waals surface area contributed by atoms with E-state index in [4.69, 9.17) is 4.74 Å². The van der Waals surface area contributed by atoms with Crippen LogP contribution in [-0.2, 0) is 6.54 Å². The summed E-state index contributed by atoms with van der Waals surface area (Å²) in [4.78, 5) is 1.10. The number of hydrogen-bond acceptors (Lipinski definition) is 6. The Morgan fingerprint density at radius 1 is 1.21 bits per heavy atom. The largest absolute Gasteiger partial charge is 0.491 e. The lowest BCUT2D eigenvalue weighted by Crippen LogP contribution is -2.20. The molecule has 0 radical (unpaired) electrons. The highest BCUT2D eigenvalue weighted by Crippen LogP contribution is 2.27. The minimum atomic E-state index is -0.567. The number of para-hydroxylation sites is 1. The summed E-state index contributed by atoms with van der Waals surface area (Å²) in [7, 11) is 0. The van der Waals surface area contributed by atoms with Gasteiger partial charge in [-0.2, -0.15) is 0 Å². The minimum Gasteiger partial charge on any atom is -0.491 e. The summed E-state index contributed by atoms with van der Waals surface area (Å²) in [5, 5.41) is 21.5. The predicted octanol–water partition coefficient (Wildman–Crippen LogP) is 3.56. The van der Waals surface area contributed by atoms with Gasteiger partial charge in [-0.05, 0) is 30.5 Å². The molecule has 3 rings (SSSR count). The Balaban J connectivity index is 1.56. The lowest BCUT2D eigenvalue weighted by atomic mass is 10.3. The molecule has 7 heteroatoms. The third kappa shape index (κ3) is 4.17. The topological polar surface area (TPSA) is 60.2 Å². The molecule has 0 spiro atoms. The molecule has 0 bridgehead atoms. The number of hydrogen-bond donors (Lipinski definition) is 1. The molecule has 5 nitrogen and oxygen atoms in total. The summed E-state index contributed by atoms with van der Waals surface area (Å²) in [5.74, 6) is 2.15. The lowest BCUT2D eigenvalue weighted by molar-refractivity contribution is 0.126. The summed E-state index contributed by atoms with van der Waals surface area (Å²) >= 11 is 3.14. The summed E-state index contributed by atoms with van der Waals surface area (Å²) in [6.45, 7) is 3.12. The highest BCUT2D eigenvalue weighted by molar-refractivity contribution is 7.99. The van der Waals surface area contributed by atoms with Crippen LogP contribution in [0.4, 0.5) is 0 Å². The van der Waals surface area contributed by atoms with Crippen molar-refractivity contribution in [2.45, 2.75) is 24.7 Å². The van der Waals surface area contributed by atoms with Crippen molar-refractivity contribution in [2.75, 3.05) is 12.4 Å². The average molecular weight is 361 g/mol. The van der Waals surface area contributed by atoms with Gasteiger partial charge in [-0.15, -0.1) is 21.5 Å². The van der Waals surface area contributed by atoms with Gasteiger partial charge in [0.25, 0.3) is 0 Å². The molecule has 0 aliphatic rings. The van der Waals surface area contributed by atoms with Crippen LogP contribution in [0.15, 0.2) is 53.0 Å². The SMILES string of the molecule is CCn1c(SC[C@H](O)COc2ccccc2)nnc1-c1cccs1. The molecular formula is C17H19N3O2S2. The van der Waals surface area contributed by atoms with E-state index in [-0.39, 0.29) is 6.61 Å². The maximum absolute atomic E-state index is 10.1. The number of benzene rings is 1. The second-order valence-corrected chi connectivity index (χ2v) is 7.05. The zero-order valence-corrected chi connectivity index (χ0v) is 15.0. The summed E-state index contributed by atoms with van der Waals surface area (Å²) in [5.41, 5.74) is 0. The second kappa shape index (κ2) is 8.32. The first-order chi connectivity index (χ1) is 11.8. The van der Waals surface area contributed by atoms with Crippen LogP contribution < -0.4 is 4.74 Å². The first-order valence-electron chi connectivity index (χ1n) is 7.73. The number of rotatable bonds is 8. The number of ether oxygens (including phenoxy) is 1. The van der Waals surface area contributed by atoms with Gasteiger partial charge in [-0.1, -0.05) is 36.0 Å². The first-order valence-corrected chi connectivity index (χ1v) is 9.60. The molecule has 126 valence electrons. The Kier molecular flexibility index (Phi) is 5.90. The molecule has 0 aliphatic carbocycles. The van der Waals surface area contributed by atoms with Gasteiger partial charge in [0.1, 0.15) is 12.4 Å². The second-order valence-electron chi connectivity index (χ2n) is 5.12. The summed E-state index contributed by atoms with van der Waals surface area (Å²) in [6, 6.07) is 13.5. The molecule has 0 amide bonds. The van der Waals surface area contributed by atoms with Gasteiger partial charge in [0.2, 0.25) is 0 Å². The fraction of sp³-hybridized carbons (Fsp3) is 0.294. The van der Waals surface area contributed by atoms with Gasteiger partial charge in [-0.3, -0.25) is 0 Å². The van der Waals surface area contributed by atoms with E-state index in [0.29, 0.717) is 5.75 Å².